The molecule has 2 aromatic heterocycles. The first-order valence-electron chi connectivity index (χ1n) is 8.76. The molecule has 0 bridgehead atoms. The largest absolute Gasteiger partial charge is 0.485 e. The number of aryl methyl sites for hydroxylation is 1. The Morgan fingerprint density at radius 2 is 2.00 bits per heavy atom. The van der Waals surface area contributed by atoms with Gasteiger partial charge in [0.1, 0.15) is 12.4 Å². The highest BCUT2D eigenvalue weighted by molar-refractivity contribution is 7.15. The summed E-state index contributed by atoms with van der Waals surface area (Å²) >= 11 is 7.26. The number of hydrogen-bond donors (Lipinski definition) is 1. The molecule has 0 fully saturated rings. The molecule has 0 aliphatic carbocycles. The number of anilines is 1. The van der Waals surface area contributed by atoms with Gasteiger partial charge in [-0.2, -0.15) is 0 Å². The molecule has 0 aliphatic heterocycles. The highest BCUT2D eigenvalue weighted by Gasteiger charge is 2.12. The van der Waals surface area contributed by atoms with Crippen molar-refractivity contribution >= 4 is 39.5 Å². The average molecular weight is 426 g/mol. The Morgan fingerprint density at radius 1 is 1.21 bits per heavy atom. The molecule has 6 nitrogen and oxygen atoms in total. The zero-order valence-corrected chi connectivity index (χ0v) is 17.0. The number of rotatable bonds is 5. The van der Waals surface area contributed by atoms with Crippen LogP contribution in [0.5, 0.6) is 5.75 Å². The second-order valence-corrected chi connectivity index (χ2v) is 7.70. The van der Waals surface area contributed by atoms with Crippen LogP contribution in [0.2, 0.25) is 5.02 Å². The number of carbonyl (C=O) groups excluding carboxylic acids is 1. The van der Waals surface area contributed by atoms with Crippen LogP contribution >= 0.6 is 22.9 Å². The van der Waals surface area contributed by atoms with Crippen LogP contribution in [-0.4, -0.2) is 15.3 Å². The third kappa shape index (κ3) is 4.31. The van der Waals surface area contributed by atoms with Crippen molar-refractivity contribution in [3.8, 4) is 5.75 Å². The molecular weight excluding hydrogens is 410 g/mol. The van der Waals surface area contributed by atoms with Crippen molar-refractivity contribution in [2.24, 2.45) is 0 Å². The number of aromatic nitrogens is 2. The number of halogens is 1. The number of hydrogen-bond acceptors (Lipinski definition) is 5. The molecule has 0 aliphatic rings. The summed E-state index contributed by atoms with van der Waals surface area (Å²) < 4.78 is 7.38. The maximum atomic E-state index is 12.5. The van der Waals surface area contributed by atoms with Crippen molar-refractivity contribution < 1.29 is 9.53 Å². The quantitative estimate of drug-likeness (QED) is 0.509. The van der Waals surface area contributed by atoms with Crippen molar-refractivity contribution in [3.05, 3.63) is 92.3 Å². The van der Waals surface area contributed by atoms with E-state index in [0.717, 1.165) is 5.56 Å². The summed E-state index contributed by atoms with van der Waals surface area (Å²) in [4.78, 5) is 29.7. The number of amides is 1. The van der Waals surface area contributed by atoms with Crippen LogP contribution in [0.25, 0.3) is 4.96 Å². The Bertz CT molecular complexity index is 1250. The molecule has 0 saturated heterocycles. The van der Waals surface area contributed by atoms with Gasteiger partial charge in [-0.15, -0.1) is 11.3 Å². The summed E-state index contributed by atoms with van der Waals surface area (Å²) in [7, 11) is 0. The Balaban J connectivity index is 1.55. The van der Waals surface area contributed by atoms with Crippen LogP contribution in [-0.2, 0) is 6.61 Å². The van der Waals surface area contributed by atoms with Gasteiger partial charge in [0.15, 0.2) is 4.96 Å². The molecule has 1 amide bonds. The van der Waals surface area contributed by atoms with Gasteiger partial charge < -0.3 is 10.1 Å². The minimum absolute atomic E-state index is 0.108. The number of carbonyl (C=O) groups is 1. The molecule has 0 spiro atoms. The van der Waals surface area contributed by atoms with Gasteiger partial charge in [-0.3, -0.25) is 14.0 Å². The molecule has 0 atom stereocenters. The van der Waals surface area contributed by atoms with E-state index in [1.165, 1.54) is 21.8 Å². The summed E-state index contributed by atoms with van der Waals surface area (Å²) in [5.41, 5.74) is 2.36. The molecule has 1 N–H and O–H groups in total. The molecular formula is C21H16ClN3O3S. The van der Waals surface area contributed by atoms with E-state index in [1.807, 2.05) is 19.1 Å². The summed E-state index contributed by atoms with van der Waals surface area (Å²) in [6, 6.07) is 13.6. The van der Waals surface area contributed by atoms with Crippen LogP contribution in [0.1, 0.15) is 21.6 Å². The molecule has 4 rings (SSSR count). The maximum Gasteiger partial charge on any atom is 0.258 e. The molecule has 0 saturated carbocycles. The Kier molecular flexibility index (Phi) is 5.33. The summed E-state index contributed by atoms with van der Waals surface area (Å²) in [6.45, 7) is 2.04. The van der Waals surface area contributed by atoms with Crippen LogP contribution in [0.3, 0.4) is 0 Å². The standard InChI is InChI=1S/C21H16ClN3O3S/c1-13-2-7-17(24-20(27)14-3-5-15(22)6-4-14)18(10-13)28-12-16-11-19(26)25-8-9-29-21(25)23-16/h2-11H,12H2,1H3,(H,24,27). The van der Waals surface area contributed by atoms with Crippen molar-refractivity contribution in [2.75, 3.05) is 5.32 Å². The number of nitrogens with one attached hydrogen (secondary N) is 1. The van der Waals surface area contributed by atoms with Gasteiger partial charge in [-0.25, -0.2) is 4.98 Å². The number of benzene rings is 2. The van der Waals surface area contributed by atoms with E-state index in [1.54, 1.807) is 41.9 Å². The third-order valence-corrected chi connectivity index (χ3v) is 5.23. The highest BCUT2D eigenvalue weighted by Crippen LogP contribution is 2.27. The van der Waals surface area contributed by atoms with Crippen molar-refractivity contribution in [2.45, 2.75) is 13.5 Å². The first-order valence-corrected chi connectivity index (χ1v) is 10.0. The van der Waals surface area contributed by atoms with E-state index in [0.29, 0.717) is 32.7 Å². The lowest BCUT2D eigenvalue weighted by Crippen LogP contribution is -2.15. The van der Waals surface area contributed by atoms with Gasteiger partial charge in [-0.05, 0) is 48.9 Å². The molecule has 2 heterocycles. The number of fused-ring (bicyclic) bond motifs is 1. The van der Waals surface area contributed by atoms with E-state index in [2.05, 4.69) is 10.3 Å². The van der Waals surface area contributed by atoms with Gasteiger partial charge >= 0.3 is 0 Å². The van der Waals surface area contributed by atoms with Crippen LogP contribution in [0.4, 0.5) is 5.69 Å². The zero-order valence-electron chi connectivity index (χ0n) is 15.4. The fourth-order valence-corrected chi connectivity index (χ4v) is 3.63. The average Bonchev–Trinajstić information content (AvgIpc) is 3.18. The molecule has 29 heavy (non-hydrogen) atoms. The SMILES string of the molecule is Cc1ccc(NC(=O)c2ccc(Cl)cc2)c(OCc2cc(=O)n3ccsc3n2)c1. The first-order chi connectivity index (χ1) is 14.0. The van der Waals surface area contributed by atoms with E-state index in [9.17, 15) is 9.59 Å². The topological polar surface area (TPSA) is 72.7 Å². The fourth-order valence-electron chi connectivity index (χ4n) is 2.76. The van der Waals surface area contributed by atoms with E-state index >= 15 is 0 Å². The van der Waals surface area contributed by atoms with Gasteiger partial charge in [0.05, 0.1) is 11.4 Å². The van der Waals surface area contributed by atoms with Crippen LogP contribution < -0.4 is 15.6 Å². The summed E-state index contributed by atoms with van der Waals surface area (Å²) in [5.74, 6) is 0.229. The fraction of sp³-hybridized carbons (Fsp3) is 0.0952. The second kappa shape index (κ2) is 8.06. The number of ether oxygens (including phenoxy) is 1. The van der Waals surface area contributed by atoms with Crippen LogP contribution in [0.15, 0.2) is 64.9 Å². The molecule has 0 radical (unpaired) electrons. The molecule has 4 aromatic rings. The summed E-state index contributed by atoms with van der Waals surface area (Å²) in [5, 5.41) is 5.22. The zero-order chi connectivity index (χ0) is 20.4. The predicted octanol–water partition coefficient (Wildman–Crippen LogP) is 4.55. The maximum absolute atomic E-state index is 12.5. The minimum Gasteiger partial charge on any atom is -0.485 e. The number of nitrogens with zero attached hydrogens (tertiary/aromatic N) is 2. The Morgan fingerprint density at radius 3 is 2.79 bits per heavy atom. The lowest BCUT2D eigenvalue weighted by molar-refractivity contribution is 0.102. The lowest BCUT2D eigenvalue weighted by atomic mass is 10.2. The molecule has 0 unspecified atom stereocenters. The normalized spacial score (nSPS) is 10.8. The molecule has 8 heteroatoms. The lowest BCUT2D eigenvalue weighted by Gasteiger charge is -2.13. The predicted molar refractivity (Wildman–Crippen MR) is 114 cm³/mol. The third-order valence-electron chi connectivity index (χ3n) is 4.22. The summed E-state index contributed by atoms with van der Waals surface area (Å²) in [6.07, 6.45) is 1.69. The van der Waals surface area contributed by atoms with Gasteiger partial charge in [0.25, 0.3) is 11.5 Å². The van der Waals surface area contributed by atoms with E-state index in [4.69, 9.17) is 16.3 Å². The highest BCUT2D eigenvalue weighted by atomic mass is 35.5. The minimum atomic E-state index is -0.272. The van der Waals surface area contributed by atoms with Crippen LogP contribution in [0, 0.1) is 6.92 Å². The van der Waals surface area contributed by atoms with E-state index in [-0.39, 0.29) is 18.1 Å². The van der Waals surface area contributed by atoms with Crippen molar-refractivity contribution in [1.29, 1.82) is 0 Å². The Labute approximate surface area is 175 Å². The Hall–Kier alpha value is -3.16. The molecule has 146 valence electrons. The first kappa shape index (κ1) is 19.2. The number of thiazole rings is 1. The molecule has 2 aromatic carbocycles. The van der Waals surface area contributed by atoms with Crippen molar-refractivity contribution in [1.82, 2.24) is 9.38 Å². The second-order valence-electron chi connectivity index (χ2n) is 6.39. The van der Waals surface area contributed by atoms with Gasteiger partial charge in [0.2, 0.25) is 0 Å². The van der Waals surface area contributed by atoms with Gasteiger partial charge in [0, 0.05) is 28.2 Å². The van der Waals surface area contributed by atoms with E-state index < -0.39 is 0 Å². The monoisotopic (exact) mass is 425 g/mol. The van der Waals surface area contributed by atoms with Crippen molar-refractivity contribution in [3.63, 3.8) is 0 Å². The van der Waals surface area contributed by atoms with Gasteiger partial charge in [-0.1, -0.05) is 17.7 Å². The smallest absolute Gasteiger partial charge is 0.258 e.